The topological polar surface area (TPSA) is 15.3 Å². The van der Waals surface area contributed by atoms with Gasteiger partial charge in [-0.25, -0.2) is 0 Å². The standard InChI is InChI=1S/C14H19F3N2/c1-18-13(11-5-3-2-4-6-11)9-19(12-7-8-12)10-14(15,16)17/h2-6,12-13,18H,7-10H2,1H3. The Morgan fingerprint density at radius 2 is 1.89 bits per heavy atom. The number of likely N-dealkylation sites (N-methyl/N-ethyl adjacent to an activating group) is 1. The molecule has 0 aromatic heterocycles. The van der Waals surface area contributed by atoms with Gasteiger partial charge in [0.2, 0.25) is 0 Å². The Bertz CT molecular complexity index is 387. The van der Waals surface area contributed by atoms with Crippen molar-refractivity contribution in [3.05, 3.63) is 35.9 Å². The summed E-state index contributed by atoms with van der Waals surface area (Å²) >= 11 is 0. The number of alkyl halides is 3. The number of hydrogen-bond donors (Lipinski definition) is 1. The molecule has 2 rings (SSSR count). The van der Waals surface area contributed by atoms with Crippen LogP contribution in [-0.4, -0.2) is 37.3 Å². The van der Waals surface area contributed by atoms with Crippen molar-refractivity contribution in [2.75, 3.05) is 20.1 Å². The molecule has 0 spiro atoms. The maximum Gasteiger partial charge on any atom is 0.401 e. The van der Waals surface area contributed by atoms with E-state index >= 15 is 0 Å². The van der Waals surface area contributed by atoms with Gasteiger partial charge in [-0.1, -0.05) is 30.3 Å². The lowest BCUT2D eigenvalue weighted by atomic mass is 10.1. The van der Waals surface area contributed by atoms with E-state index in [1.807, 2.05) is 30.3 Å². The second-order valence-corrected chi connectivity index (χ2v) is 5.03. The van der Waals surface area contributed by atoms with Crippen LogP contribution in [0, 0.1) is 0 Å². The van der Waals surface area contributed by atoms with E-state index in [1.165, 1.54) is 0 Å². The smallest absolute Gasteiger partial charge is 0.312 e. The van der Waals surface area contributed by atoms with Crippen LogP contribution in [0.4, 0.5) is 13.2 Å². The molecule has 1 aromatic carbocycles. The number of nitrogens with one attached hydrogen (secondary N) is 1. The molecular weight excluding hydrogens is 253 g/mol. The van der Waals surface area contributed by atoms with Crippen LogP contribution in [0.5, 0.6) is 0 Å². The molecule has 1 aliphatic carbocycles. The summed E-state index contributed by atoms with van der Waals surface area (Å²) in [7, 11) is 1.79. The van der Waals surface area contributed by atoms with Crippen molar-refractivity contribution >= 4 is 0 Å². The van der Waals surface area contributed by atoms with Crippen molar-refractivity contribution in [1.29, 1.82) is 0 Å². The van der Waals surface area contributed by atoms with E-state index in [0.29, 0.717) is 6.54 Å². The van der Waals surface area contributed by atoms with E-state index in [9.17, 15) is 13.2 Å². The van der Waals surface area contributed by atoms with Gasteiger partial charge in [0, 0.05) is 18.6 Å². The highest BCUT2D eigenvalue weighted by atomic mass is 19.4. The summed E-state index contributed by atoms with van der Waals surface area (Å²) in [5.74, 6) is 0. The minimum atomic E-state index is -4.13. The van der Waals surface area contributed by atoms with Crippen molar-refractivity contribution in [3.8, 4) is 0 Å². The first-order valence-electron chi connectivity index (χ1n) is 6.52. The summed E-state index contributed by atoms with van der Waals surface area (Å²) < 4.78 is 37.8. The van der Waals surface area contributed by atoms with Crippen molar-refractivity contribution in [2.24, 2.45) is 0 Å². The monoisotopic (exact) mass is 272 g/mol. The van der Waals surface area contributed by atoms with Crippen LogP contribution >= 0.6 is 0 Å². The zero-order valence-electron chi connectivity index (χ0n) is 11.0. The molecule has 0 heterocycles. The van der Waals surface area contributed by atoms with Crippen LogP contribution in [-0.2, 0) is 0 Å². The van der Waals surface area contributed by atoms with Crippen molar-refractivity contribution in [2.45, 2.75) is 31.1 Å². The molecule has 1 N–H and O–H groups in total. The third-order valence-corrected chi connectivity index (χ3v) is 3.41. The average molecular weight is 272 g/mol. The molecule has 1 unspecified atom stereocenters. The van der Waals surface area contributed by atoms with Gasteiger partial charge in [0.25, 0.3) is 0 Å². The highest BCUT2D eigenvalue weighted by molar-refractivity contribution is 5.19. The molecule has 2 nitrogen and oxygen atoms in total. The second kappa shape index (κ2) is 5.92. The van der Waals surface area contributed by atoms with Crippen LogP contribution < -0.4 is 5.32 Å². The van der Waals surface area contributed by atoms with E-state index in [2.05, 4.69) is 5.32 Å². The summed E-state index contributed by atoms with van der Waals surface area (Å²) in [6, 6.07) is 9.64. The lowest BCUT2D eigenvalue weighted by Gasteiger charge is -2.28. The molecule has 1 aromatic rings. The fourth-order valence-electron chi connectivity index (χ4n) is 2.30. The molecule has 0 radical (unpaired) electrons. The summed E-state index contributed by atoms with van der Waals surface area (Å²) in [4.78, 5) is 1.55. The van der Waals surface area contributed by atoms with E-state index in [4.69, 9.17) is 0 Å². The fraction of sp³-hybridized carbons (Fsp3) is 0.571. The van der Waals surface area contributed by atoms with Gasteiger partial charge in [0.1, 0.15) is 0 Å². The summed E-state index contributed by atoms with van der Waals surface area (Å²) in [5.41, 5.74) is 1.03. The fourth-order valence-corrected chi connectivity index (χ4v) is 2.30. The molecular formula is C14H19F3N2. The Morgan fingerprint density at radius 1 is 1.26 bits per heavy atom. The molecule has 0 aliphatic heterocycles. The molecule has 1 atom stereocenters. The minimum Gasteiger partial charge on any atom is -0.312 e. The van der Waals surface area contributed by atoms with E-state index in [1.54, 1.807) is 11.9 Å². The van der Waals surface area contributed by atoms with Crippen LogP contribution in [0.25, 0.3) is 0 Å². The van der Waals surface area contributed by atoms with Gasteiger partial charge >= 0.3 is 6.18 Å². The summed E-state index contributed by atoms with van der Waals surface area (Å²) in [6.45, 7) is -0.423. The van der Waals surface area contributed by atoms with Gasteiger partial charge in [-0.05, 0) is 25.5 Å². The Kier molecular flexibility index (Phi) is 4.47. The number of rotatable bonds is 6. The zero-order valence-corrected chi connectivity index (χ0v) is 11.0. The normalized spacial score (nSPS) is 17.7. The first-order chi connectivity index (χ1) is 8.99. The molecule has 106 valence electrons. The second-order valence-electron chi connectivity index (χ2n) is 5.03. The van der Waals surface area contributed by atoms with Gasteiger partial charge in [-0.2, -0.15) is 13.2 Å². The minimum absolute atomic E-state index is 0.0656. The third-order valence-electron chi connectivity index (χ3n) is 3.41. The predicted octanol–water partition coefficient (Wildman–Crippen LogP) is 2.97. The van der Waals surface area contributed by atoms with Gasteiger partial charge in [0.05, 0.1) is 6.54 Å². The highest BCUT2D eigenvalue weighted by Gasteiger charge is 2.38. The molecule has 1 aliphatic rings. The van der Waals surface area contributed by atoms with E-state index in [0.717, 1.165) is 18.4 Å². The van der Waals surface area contributed by atoms with E-state index in [-0.39, 0.29) is 12.1 Å². The SMILES string of the molecule is CNC(CN(CC(F)(F)F)C1CC1)c1ccccc1. The molecule has 5 heteroatoms. The maximum absolute atomic E-state index is 12.6. The van der Waals surface area contributed by atoms with Crippen molar-refractivity contribution in [1.82, 2.24) is 10.2 Å². The van der Waals surface area contributed by atoms with Crippen LogP contribution in [0.3, 0.4) is 0 Å². The number of hydrogen-bond acceptors (Lipinski definition) is 2. The quantitative estimate of drug-likeness (QED) is 0.856. The third kappa shape index (κ3) is 4.51. The first kappa shape index (κ1) is 14.3. The van der Waals surface area contributed by atoms with Crippen molar-refractivity contribution < 1.29 is 13.2 Å². The molecule has 0 amide bonds. The summed E-state index contributed by atoms with van der Waals surface area (Å²) in [5, 5.41) is 3.11. The number of benzene rings is 1. The lowest BCUT2D eigenvalue weighted by Crippen LogP contribution is -2.41. The van der Waals surface area contributed by atoms with Crippen LogP contribution in [0.15, 0.2) is 30.3 Å². The molecule has 0 saturated heterocycles. The number of halogens is 3. The zero-order chi connectivity index (χ0) is 13.9. The lowest BCUT2D eigenvalue weighted by molar-refractivity contribution is -0.147. The number of nitrogens with zero attached hydrogens (tertiary/aromatic N) is 1. The van der Waals surface area contributed by atoms with Gasteiger partial charge in [-0.15, -0.1) is 0 Å². The van der Waals surface area contributed by atoms with E-state index < -0.39 is 12.7 Å². The molecule has 1 fully saturated rings. The van der Waals surface area contributed by atoms with Gasteiger partial charge < -0.3 is 5.32 Å². The largest absolute Gasteiger partial charge is 0.401 e. The Balaban J connectivity index is 2.02. The molecule has 19 heavy (non-hydrogen) atoms. The molecule has 0 bridgehead atoms. The van der Waals surface area contributed by atoms with Crippen LogP contribution in [0.2, 0.25) is 0 Å². The Hall–Kier alpha value is -1.07. The average Bonchev–Trinajstić information content (AvgIpc) is 3.18. The highest BCUT2D eigenvalue weighted by Crippen LogP contribution is 2.31. The van der Waals surface area contributed by atoms with Crippen molar-refractivity contribution in [3.63, 3.8) is 0 Å². The Morgan fingerprint density at radius 3 is 2.37 bits per heavy atom. The maximum atomic E-state index is 12.6. The van der Waals surface area contributed by atoms with Gasteiger partial charge in [0.15, 0.2) is 0 Å². The molecule has 1 saturated carbocycles. The Labute approximate surface area is 111 Å². The predicted molar refractivity (Wildman–Crippen MR) is 68.9 cm³/mol. The van der Waals surface area contributed by atoms with Crippen LogP contribution in [0.1, 0.15) is 24.4 Å². The van der Waals surface area contributed by atoms with Gasteiger partial charge in [-0.3, -0.25) is 4.90 Å². The first-order valence-corrected chi connectivity index (χ1v) is 6.52. The summed E-state index contributed by atoms with van der Waals surface area (Å²) in [6.07, 6.45) is -2.37.